The molecule has 1 heterocycles. The summed E-state index contributed by atoms with van der Waals surface area (Å²) in [6.07, 6.45) is 5.85. The third-order valence-corrected chi connectivity index (χ3v) is 4.25. The summed E-state index contributed by atoms with van der Waals surface area (Å²) in [5.74, 6) is 1.32. The Balaban J connectivity index is 1.39. The van der Waals surface area contributed by atoms with Gasteiger partial charge >= 0.3 is 0 Å². The first-order chi connectivity index (χ1) is 10.7. The van der Waals surface area contributed by atoms with E-state index < -0.39 is 0 Å². The standard InChI is InChI=1S/C16H17BrN4O/c17-12-3-1-11(2-4-12)13-9-14(13)16(22)21-8-7-20-15-10-18-5-6-19-15/h1-6,10,13-14H,7-9H2,(H,19,20)(H,21,22)/t13-,14+/m0/s1. The molecule has 1 saturated carbocycles. The number of aromatic nitrogens is 2. The number of nitrogens with one attached hydrogen (secondary N) is 2. The Bertz CT molecular complexity index is 632. The van der Waals surface area contributed by atoms with Crippen molar-refractivity contribution in [3.63, 3.8) is 0 Å². The summed E-state index contributed by atoms with van der Waals surface area (Å²) in [5, 5.41) is 6.08. The molecule has 0 radical (unpaired) electrons. The monoisotopic (exact) mass is 360 g/mol. The smallest absolute Gasteiger partial charge is 0.223 e. The van der Waals surface area contributed by atoms with Gasteiger partial charge in [-0.05, 0) is 30.0 Å². The second-order valence-electron chi connectivity index (χ2n) is 5.31. The van der Waals surface area contributed by atoms with Crippen LogP contribution in [0.1, 0.15) is 17.9 Å². The number of carbonyl (C=O) groups excluding carboxylic acids is 1. The van der Waals surface area contributed by atoms with Crippen LogP contribution in [-0.4, -0.2) is 29.0 Å². The van der Waals surface area contributed by atoms with Crippen molar-refractivity contribution in [2.75, 3.05) is 18.4 Å². The molecule has 0 saturated heterocycles. The lowest BCUT2D eigenvalue weighted by atomic mass is 10.1. The Morgan fingerprint density at radius 3 is 2.77 bits per heavy atom. The Hall–Kier alpha value is -1.95. The third-order valence-electron chi connectivity index (χ3n) is 3.72. The van der Waals surface area contributed by atoms with Gasteiger partial charge in [-0.3, -0.25) is 9.78 Å². The molecule has 6 heteroatoms. The summed E-state index contributed by atoms with van der Waals surface area (Å²) in [5.41, 5.74) is 1.24. The first-order valence-corrected chi connectivity index (χ1v) is 8.06. The van der Waals surface area contributed by atoms with Gasteiger partial charge in [0.2, 0.25) is 5.91 Å². The summed E-state index contributed by atoms with van der Waals surface area (Å²) < 4.78 is 1.06. The van der Waals surface area contributed by atoms with E-state index in [0.29, 0.717) is 19.0 Å². The Morgan fingerprint density at radius 1 is 1.23 bits per heavy atom. The van der Waals surface area contributed by atoms with E-state index in [4.69, 9.17) is 0 Å². The fourth-order valence-electron chi connectivity index (χ4n) is 2.46. The van der Waals surface area contributed by atoms with Crippen LogP contribution in [-0.2, 0) is 4.79 Å². The van der Waals surface area contributed by atoms with Gasteiger partial charge in [-0.25, -0.2) is 4.98 Å². The van der Waals surface area contributed by atoms with Crippen LogP contribution in [0.5, 0.6) is 0 Å². The molecule has 0 unspecified atom stereocenters. The maximum atomic E-state index is 12.1. The Morgan fingerprint density at radius 2 is 2.05 bits per heavy atom. The molecule has 5 nitrogen and oxygen atoms in total. The minimum Gasteiger partial charge on any atom is -0.367 e. The Kier molecular flexibility index (Phi) is 4.68. The van der Waals surface area contributed by atoms with E-state index >= 15 is 0 Å². The van der Waals surface area contributed by atoms with Crippen LogP contribution in [0.15, 0.2) is 47.3 Å². The van der Waals surface area contributed by atoms with Crippen molar-refractivity contribution in [2.24, 2.45) is 5.92 Å². The summed E-state index contributed by atoms with van der Waals surface area (Å²) in [6.45, 7) is 1.22. The number of amides is 1. The van der Waals surface area contributed by atoms with Crippen LogP contribution >= 0.6 is 15.9 Å². The van der Waals surface area contributed by atoms with E-state index in [9.17, 15) is 4.79 Å². The van der Waals surface area contributed by atoms with E-state index in [1.54, 1.807) is 18.6 Å². The highest BCUT2D eigenvalue weighted by atomic mass is 79.9. The zero-order chi connectivity index (χ0) is 15.4. The SMILES string of the molecule is O=C(NCCNc1cnccn1)[C@@H]1C[C@H]1c1ccc(Br)cc1. The van der Waals surface area contributed by atoms with Crippen molar-refractivity contribution in [1.29, 1.82) is 0 Å². The third kappa shape index (κ3) is 3.82. The molecule has 1 amide bonds. The number of rotatable bonds is 6. The average molecular weight is 361 g/mol. The van der Waals surface area contributed by atoms with E-state index in [-0.39, 0.29) is 11.8 Å². The second kappa shape index (κ2) is 6.87. The summed E-state index contributed by atoms with van der Waals surface area (Å²) >= 11 is 3.42. The molecular weight excluding hydrogens is 344 g/mol. The van der Waals surface area contributed by atoms with Crippen molar-refractivity contribution in [1.82, 2.24) is 15.3 Å². The Labute approximate surface area is 137 Å². The number of hydrogen-bond donors (Lipinski definition) is 2. The molecule has 1 aromatic carbocycles. The molecule has 3 rings (SSSR count). The largest absolute Gasteiger partial charge is 0.367 e. The number of halogens is 1. The van der Waals surface area contributed by atoms with Crippen molar-refractivity contribution >= 4 is 27.7 Å². The van der Waals surface area contributed by atoms with Gasteiger partial charge in [-0.2, -0.15) is 0 Å². The highest BCUT2D eigenvalue weighted by Crippen LogP contribution is 2.47. The maximum Gasteiger partial charge on any atom is 0.223 e. The van der Waals surface area contributed by atoms with E-state index in [2.05, 4.69) is 48.7 Å². The van der Waals surface area contributed by atoms with E-state index in [1.807, 2.05) is 12.1 Å². The fraction of sp³-hybridized carbons (Fsp3) is 0.312. The van der Waals surface area contributed by atoms with E-state index in [0.717, 1.165) is 16.7 Å². The maximum absolute atomic E-state index is 12.1. The highest BCUT2D eigenvalue weighted by molar-refractivity contribution is 9.10. The first kappa shape index (κ1) is 15.0. The quantitative estimate of drug-likeness (QED) is 0.777. The molecule has 0 bridgehead atoms. The topological polar surface area (TPSA) is 66.9 Å². The molecule has 2 atom stereocenters. The first-order valence-electron chi connectivity index (χ1n) is 7.27. The van der Waals surface area contributed by atoms with Crippen LogP contribution in [0.25, 0.3) is 0 Å². The van der Waals surface area contributed by atoms with Gasteiger partial charge in [0.25, 0.3) is 0 Å². The van der Waals surface area contributed by atoms with Crippen molar-refractivity contribution in [2.45, 2.75) is 12.3 Å². The highest BCUT2D eigenvalue weighted by Gasteiger charge is 2.43. The van der Waals surface area contributed by atoms with Gasteiger partial charge in [-0.15, -0.1) is 0 Å². The number of nitrogens with zero attached hydrogens (tertiary/aromatic N) is 2. The summed E-state index contributed by atoms with van der Waals surface area (Å²) in [6, 6.07) is 8.20. The van der Waals surface area contributed by atoms with Crippen molar-refractivity contribution in [3.05, 3.63) is 52.9 Å². The number of hydrogen-bond acceptors (Lipinski definition) is 4. The normalized spacial score (nSPS) is 19.5. The number of benzene rings is 1. The van der Waals surface area contributed by atoms with Crippen LogP contribution in [0.4, 0.5) is 5.82 Å². The minimum atomic E-state index is 0.109. The molecule has 2 aromatic rings. The summed E-state index contributed by atoms with van der Waals surface area (Å²) in [7, 11) is 0. The number of carbonyl (C=O) groups is 1. The molecule has 1 fully saturated rings. The van der Waals surface area contributed by atoms with Crippen LogP contribution < -0.4 is 10.6 Å². The molecule has 0 aliphatic heterocycles. The lowest BCUT2D eigenvalue weighted by molar-refractivity contribution is -0.122. The molecule has 114 valence electrons. The molecule has 22 heavy (non-hydrogen) atoms. The lowest BCUT2D eigenvalue weighted by Gasteiger charge is -2.07. The lowest BCUT2D eigenvalue weighted by Crippen LogP contribution is -2.30. The average Bonchev–Trinajstić information content (AvgIpc) is 3.34. The molecule has 2 N–H and O–H groups in total. The molecule has 1 aromatic heterocycles. The van der Waals surface area contributed by atoms with Crippen molar-refractivity contribution in [3.8, 4) is 0 Å². The van der Waals surface area contributed by atoms with Gasteiger partial charge in [0.1, 0.15) is 5.82 Å². The van der Waals surface area contributed by atoms with Crippen LogP contribution in [0.3, 0.4) is 0 Å². The van der Waals surface area contributed by atoms with Crippen molar-refractivity contribution < 1.29 is 4.79 Å². The van der Waals surface area contributed by atoms with Crippen LogP contribution in [0.2, 0.25) is 0 Å². The van der Waals surface area contributed by atoms with E-state index in [1.165, 1.54) is 5.56 Å². The molecule has 0 spiro atoms. The van der Waals surface area contributed by atoms with Crippen LogP contribution in [0, 0.1) is 5.92 Å². The summed E-state index contributed by atoms with van der Waals surface area (Å²) in [4.78, 5) is 20.2. The molecular formula is C16H17BrN4O. The van der Waals surface area contributed by atoms with Gasteiger partial charge < -0.3 is 10.6 Å². The molecule has 1 aliphatic carbocycles. The second-order valence-corrected chi connectivity index (χ2v) is 6.22. The zero-order valence-electron chi connectivity index (χ0n) is 12.0. The minimum absolute atomic E-state index is 0.109. The predicted octanol–water partition coefficient (Wildman–Crippen LogP) is 2.57. The fourth-order valence-corrected chi connectivity index (χ4v) is 2.73. The van der Waals surface area contributed by atoms with Gasteiger partial charge in [0.05, 0.1) is 6.20 Å². The van der Waals surface area contributed by atoms with Gasteiger partial charge in [-0.1, -0.05) is 28.1 Å². The number of anilines is 1. The zero-order valence-corrected chi connectivity index (χ0v) is 13.6. The predicted molar refractivity (Wildman–Crippen MR) is 88.5 cm³/mol. The van der Waals surface area contributed by atoms with Gasteiger partial charge in [0, 0.05) is 35.9 Å². The van der Waals surface area contributed by atoms with Gasteiger partial charge in [0.15, 0.2) is 0 Å². The molecule has 1 aliphatic rings.